The Balaban J connectivity index is 2.52. The lowest BCUT2D eigenvalue weighted by molar-refractivity contribution is -0.143. The molecule has 0 radical (unpaired) electrons. The van der Waals surface area contributed by atoms with E-state index in [4.69, 9.17) is 10.5 Å². The van der Waals surface area contributed by atoms with Gasteiger partial charge in [-0.05, 0) is 50.3 Å². The molecule has 3 unspecified atom stereocenters. The molecule has 0 aromatic heterocycles. The Morgan fingerprint density at radius 3 is 2.11 bits per heavy atom. The van der Waals surface area contributed by atoms with Gasteiger partial charge < -0.3 is 36.8 Å². The van der Waals surface area contributed by atoms with Crippen molar-refractivity contribution in [3.63, 3.8) is 0 Å². The molecule has 4 amide bonds. The smallest absolute Gasteiger partial charge is 0.325 e. The number of benzene rings is 1. The summed E-state index contributed by atoms with van der Waals surface area (Å²) < 4.78 is 4.76. The molecule has 0 aliphatic heterocycles. The van der Waals surface area contributed by atoms with Crippen molar-refractivity contribution in [2.75, 3.05) is 19.7 Å². The van der Waals surface area contributed by atoms with Crippen LogP contribution < -0.4 is 27.0 Å². The summed E-state index contributed by atoms with van der Waals surface area (Å²) >= 11 is 0. The van der Waals surface area contributed by atoms with Gasteiger partial charge >= 0.3 is 5.97 Å². The Labute approximate surface area is 210 Å². The number of esters is 1. The number of ether oxygens (including phenoxy) is 1. The second-order valence-electron chi connectivity index (χ2n) is 8.70. The summed E-state index contributed by atoms with van der Waals surface area (Å²) in [6, 6.07) is 3.46. The van der Waals surface area contributed by atoms with Gasteiger partial charge in [0.25, 0.3) is 0 Å². The summed E-state index contributed by atoms with van der Waals surface area (Å²) in [4.78, 5) is 60.9. The summed E-state index contributed by atoms with van der Waals surface area (Å²) in [7, 11) is 0. The number of nitrogens with one attached hydrogen (secondary N) is 4. The van der Waals surface area contributed by atoms with E-state index in [2.05, 4.69) is 21.3 Å². The number of rotatable bonds is 14. The van der Waals surface area contributed by atoms with Gasteiger partial charge in [-0.2, -0.15) is 0 Å². The molecule has 0 fully saturated rings. The zero-order valence-corrected chi connectivity index (χ0v) is 21.1. The lowest BCUT2D eigenvalue weighted by Crippen LogP contribution is -2.53. The molecule has 3 atom stereocenters. The minimum Gasteiger partial charge on any atom is -0.508 e. The molecule has 0 spiro atoms. The van der Waals surface area contributed by atoms with Crippen LogP contribution in [0.25, 0.3) is 0 Å². The number of aromatic hydroxyl groups is 1. The van der Waals surface area contributed by atoms with Crippen LogP contribution in [0, 0.1) is 5.92 Å². The monoisotopic (exact) mass is 507 g/mol. The summed E-state index contributed by atoms with van der Waals surface area (Å²) in [5, 5.41) is 19.2. The standard InChI is InChI=1S/C24H37N5O7/c1-5-36-21(32)13-27-24(35)19(10-14(2)3)29-20(31)12-26-22(33)15(4)28-23(34)18(25)11-16-6-8-17(30)9-7-16/h6-9,14-15,18-19,30H,5,10-13,25H2,1-4H3,(H,26,33)(H,27,35)(H,28,34)(H,29,31). The van der Waals surface area contributed by atoms with Gasteiger partial charge in [-0.1, -0.05) is 26.0 Å². The average Bonchev–Trinajstić information content (AvgIpc) is 2.81. The molecule has 7 N–H and O–H groups in total. The van der Waals surface area contributed by atoms with Crippen LogP contribution in [-0.4, -0.2) is 72.5 Å². The van der Waals surface area contributed by atoms with Crippen molar-refractivity contribution in [3.8, 4) is 5.75 Å². The molecule has 0 bridgehead atoms. The van der Waals surface area contributed by atoms with Crippen molar-refractivity contribution in [2.24, 2.45) is 11.7 Å². The summed E-state index contributed by atoms with van der Waals surface area (Å²) in [5.74, 6) is -2.74. The number of phenolic OH excluding ortho intramolecular Hbond substituents is 1. The van der Waals surface area contributed by atoms with E-state index in [9.17, 15) is 29.1 Å². The molecule has 36 heavy (non-hydrogen) atoms. The Morgan fingerprint density at radius 1 is 0.917 bits per heavy atom. The Hall–Kier alpha value is -3.67. The van der Waals surface area contributed by atoms with E-state index in [0.29, 0.717) is 6.42 Å². The first-order chi connectivity index (χ1) is 16.9. The van der Waals surface area contributed by atoms with Gasteiger partial charge in [0.1, 0.15) is 24.4 Å². The highest BCUT2D eigenvalue weighted by molar-refractivity contribution is 5.93. The maximum atomic E-state index is 12.4. The number of hydrogen-bond acceptors (Lipinski definition) is 8. The molecule has 1 rings (SSSR count). The van der Waals surface area contributed by atoms with Crippen LogP contribution in [-0.2, 0) is 35.1 Å². The highest BCUT2D eigenvalue weighted by Gasteiger charge is 2.24. The van der Waals surface area contributed by atoms with E-state index in [1.165, 1.54) is 19.1 Å². The van der Waals surface area contributed by atoms with Crippen LogP contribution in [0.1, 0.15) is 39.7 Å². The van der Waals surface area contributed by atoms with Crippen molar-refractivity contribution >= 4 is 29.6 Å². The number of hydrogen-bond donors (Lipinski definition) is 6. The lowest BCUT2D eigenvalue weighted by Gasteiger charge is -2.21. The molecule has 12 nitrogen and oxygen atoms in total. The molecule has 0 aliphatic carbocycles. The first-order valence-electron chi connectivity index (χ1n) is 11.8. The van der Waals surface area contributed by atoms with Crippen molar-refractivity contribution in [1.82, 2.24) is 21.3 Å². The van der Waals surface area contributed by atoms with Crippen LogP contribution in [0.4, 0.5) is 0 Å². The second kappa shape index (κ2) is 15.4. The molecule has 12 heteroatoms. The minimum atomic E-state index is -0.962. The molecular formula is C24H37N5O7. The fraction of sp³-hybridized carbons (Fsp3) is 0.542. The molecular weight excluding hydrogens is 470 g/mol. The van der Waals surface area contributed by atoms with E-state index in [1.54, 1.807) is 19.1 Å². The largest absolute Gasteiger partial charge is 0.508 e. The third kappa shape index (κ3) is 11.6. The number of nitrogens with two attached hydrogens (primary N) is 1. The second-order valence-corrected chi connectivity index (χ2v) is 8.70. The van der Waals surface area contributed by atoms with Gasteiger partial charge in [-0.3, -0.25) is 24.0 Å². The maximum Gasteiger partial charge on any atom is 0.325 e. The highest BCUT2D eigenvalue weighted by atomic mass is 16.5. The van der Waals surface area contributed by atoms with Crippen molar-refractivity contribution < 1.29 is 33.8 Å². The van der Waals surface area contributed by atoms with E-state index in [-0.39, 0.29) is 31.2 Å². The SMILES string of the molecule is CCOC(=O)CNC(=O)C(CC(C)C)NC(=O)CNC(=O)C(C)NC(=O)C(N)Cc1ccc(O)cc1. The Bertz CT molecular complexity index is 905. The van der Waals surface area contributed by atoms with Crippen molar-refractivity contribution in [3.05, 3.63) is 29.8 Å². The molecule has 0 aliphatic rings. The van der Waals surface area contributed by atoms with E-state index in [0.717, 1.165) is 5.56 Å². The fourth-order valence-corrected chi connectivity index (χ4v) is 3.13. The molecule has 0 heterocycles. The minimum absolute atomic E-state index is 0.0688. The molecule has 0 saturated carbocycles. The predicted octanol–water partition coefficient (Wildman–Crippen LogP) is -0.907. The fourth-order valence-electron chi connectivity index (χ4n) is 3.13. The van der Waals surface area contributed by atoms with Gasteiger partial charge in [0.15, 0.2) is 0 Å². The van der Waals surface area contributed by atoms with Crippen LogP contribution in [0.3, 0.4) is 0 Å². The summed E-state index contributed by atoms with van der Waals surface area (Å²) in [5.41, 5.74) is 6.65. The number of amides is 4. The first-order valence-corrected chi connectivity index (χ1v) is 11.8. The Kier molecular flexibility index (Phi) is 12.9. The van der Waals surface area contributed by atoms with Gasteiger partial charge in [-0.25, -0.2) is 0 Å². The normalized spacial score (nSPS) is 13.2. The Morgan fingerprint density at radius 2 is 1.53 bits per heavy atom. The zero-order chi connectivity index (χ0) is 27.3. The molecule has 200 valence electrons. The lowest BCUT2D eigenvalue weighted by atomic mass is 10.0. The van der Waals surface area contributed by atoms with Crippen LogP contribution in [0.2, 0.25) is 0 Å². The number of carbonyl (C=O) groups excluding carboxylic acids is 5. The average molecular weight is 508 g/mol. The molecule has 1 aromatic carbocycles. The van der Waals surface area contributed by atoms with E-state index in [1.807, 2.05) is 13.8 Å². The third-order valence-corrected chi connectivity index (χ3v) is 4.98. The quantitative estimate of drug-likeness (QED) is 0.175. The molecule has 1 aromatic rings. The van der Waals surface area contributed by atoms with Gasteiger partial charge in [-0.15, -0.1) is 0 Å². The molecule has 0 saturated heterocycles. The van der Waals surface area contributed by atoms with Crippen LogP contribution in [0.5, 0.6) is 5.75 Å². The highest BCUT2D eigenvalue weighted by Crippen LogP contribution is 2.11. The van der Waals surface area contributed by atoms with E-state index >= 15 is 0 Å². The van der Waals surface area contributed by atoms with Gasteiger partial charge in [0, 0.05) is 0 Å². The summed E-state index contributed by atoms with van der Waals surface area (Å²) in [6.07, 6.45) is 0.526. The zero-order valence-electron chi connectivity index (χ0n) is 21.1. The van der Waals surface area contributed by atoms with Crippen LogP contribution in [0.15, 0.2) is 24.3 Å². The van der Waals surface area contributed by atoms with Gasteiger partial charge in [0.2, 0.25) is 23.6 Å². The number of phenols is 1. The van der Waals surface area contributed by atoms with Crippen molar-refractivity contribution in [2.45, 2.75) is 58.7 Å². The maximum absolute atomic E-state index is 12.4. The third-order valence-electron chi connectivity index (χ3n) is 4.98. The van der Waals surface area contributed by atoms with Gasteiger partial charge in [0.05, 0.1) is 19.2 Å². The first kappa shape index (κ1) is 30.4. The van der Waals surface area contributed by atoms with E-state index < -0.39 is 54.3 Å². The van der Waals surface area contributed by atoms with Crippen LogP contribution >= 0.6 is 0 Å². The summed E-state index contributed by atoms with van der Waals surface area (Å²) in [6.45, 7) is 6.28. The van der Waals surface area contributed by atoms with Crippen molar-refractivity contribution in [1.29, 1.82) is 0 Å². The topological polar surface area (TPSA) is 189 Å². The predicted molar refractivity (Wildman–Crippen MR) is 131 cm³/mol. The number of carbonyl (C=O) groups is 5.